The number of hydrogen-bond acceptors (Lipinski definition) is 2. The smallest absolute Gasteiger partial charge is 0.146 e. The third-order valence-electron chi connectivity index (χ3n) is 3.68. The lowest BCUT2D eigenvalue weighted by molar-refractivity contribution is 0.419. The Labute approximate surface area is 109 Å². The zero-order chi connectivity index (χ0) is 13.1. The van der Waals surface area contributed by atoms with Gasteiger partial charge in [-0.25, -0.2) is 4.39 Å². The lowest BCUT2D eigenvalue weighted by atomic mass is 10.0. The van der Waals surface area contributed by atoms with Crippen molar-refractivity contribution in [2.24, 2.45) is 5.92 Å². The van der Waals surface area contributed by atoms with E-state index in [1.807, 2.05) is 19.1 Å². The van der Waals surface area contributed by atoms with Gasteiger partial charge in [0.25, 0.3) is 0 Å². The molecule has 0 aliphatic carbocycles. The van der Waals surface area contributed by atoms with Crippen molar-refractivity contribution in [2.75, 3.05) is 24.5 Å². The molecular weight excluding hydrogens is 227 g/mol. The molecule has 0 amide bonds. The minimum Gasteiger partial charge on any atom is -0.368 e. The highest BCUT2D eigenvalue weighted by Crippen LogP contribution is 2.22. The van der Waals surface area contributed by atoms with Crippen LogP contribution in [0.2, 0.25) is 0 Å². The molecule has 0 spiro atoms. The molecule has 1 aliphatic heterocycles. The molecule has 1 aromatic carbocycles. The second kappa shape index (κ2) is 5.70. The van der Waals surface area contributed by atoms with Gasteiger partial charge in [-0.3, -0.25) is 0 Å². The summed E-state index contributed by atoms with van der Waals surface area (Å²) < 4.78 is 14.0. The molecule has 2 rings (SSSR count). The number of anilines is 1. The van der Waals surface area contributed by atoms with Crippen LogP contribution >= 0.6 is 0 Å². The van der Waals surface area contributed by atoms with E-state index in [-0.39, 0.29) is 5.82 Å². The van der Waals surface area contributed by atoms with Gasteiger partial charge in [0.05, 0.1) is 5.69 Å². The van der Waals surface area contributed by atoms with Gasteiger partial charge in [-0.1, -0.05) is 19.9 Å². The summed E-state index contributed by atoms with van der Waals surface area (Å²) in [5.74, 6) is 0.471. The van der Waals surface area contributed by atoms with Crippen molar-refractivity contribution in [1.82, 2.24) is 5.32 Å². The topological polar surface area (TPSA) is 15.3 Å². The SMILES string of the molecule is Cc1ccc(N2CCCNC(C(C)C)C2)c(F)c1. The highest BCUT2D eigenvalue weighted by Gasteiger charge is 2.21. The second-order valence-electron chi connectivity index (χ2n) is 5.56. The van der Waals surface area contributed by atoms with Gasteiger partial charge in [0, 0.05) is 19.1 Å². The molecule has 2 nitrogen and oxygen atoms in total. The van der Waals surface area contributed by atoms with Crippen molar-refractivity contribution in [3.05, 3.63) is 29.6 Å². The molecular formula is C15H23FN2. The summed E-state index contributed by atoms with van der Waals surface area (Å²) in [6.07, 6.45) is 1.07. The highest BCUT2D eigenvalue weighted by atomic mass is 19.1. The van der Waals surface area contributed by atoms with E-state index in [1.165, 1.54) is 0 Å². The molecule has 0 bridgehead atoms. The van der Waals surface area contributed by atoms with Crippen LogP contribution in [-0.4, -0.2) is 25.7 Å². The van der Waals surface area contributed by atoms with Crippen LogP contribution in [0.25, 0.3) is 0 Å². The third kappa shape index (κ3) is 3.02. The Balaban J connectivity index is 2.20. The van der Waals surface area contributed by atoms with E-state index in [2.05, 4.69) is 24.1 Å². The molecule has 0 saturated carbocycles. The quantitative estimate of drug-likeness (QED) is 0.868. The lowest BCUT2D eigenvalue weighted by Crippen LogP contribution is -2.41. The predicted molar refractivity (Wildman–Crippen MR) is 74.6 cm³/mol. The van der Waals surface area contributed by atoms with Gasteiger partial charge >= 0.3 is 0 Å². The van der Waals surface area contributed by atoms with Crippen molar-refractivity contribution < 1.29 is 4.39 Å². The van der Waals surface area contributed by atoms with Crippen LogP contribution in [0, 0.1) is 18.7 Å². The molecule has 1 fully saturated rings. The Morgan fingerprint density at radius 1 is 1.39 bits per heavy atom. The molecule has 1 aromatic rings. The average Bonchev–Trinajstić information content (AvgIpc) is 2.54. The zero-order valence-electron chi connectivity index (χ0n) is 11.5. The molecule has 1 atom stereocenters. The summed E-state index contributed by atoms with van der Waals surface area (Å²) in [6.45, 7) is 9.19. The molecule has 100 valence electrons. The fraction of sp³-hybridized carbons (Fsp3) is 0.600. The summed E-state index contributed by atoms with van der Waals surface area (Å²) in [4.78, 5) is 2.18. The summed E-state index contributed by atoms with van der Waals surface area (Å²) in [6, 6.07) is 5.96. The summed E-state index contributed by atoms with van der Waals surface area (Å²) in [5.41, 5.74) is 1.72. The molecule has 18 heavy (non-hydrogen) atoms. The highest BCUT2D eigenvalue weighted by molar-refractivity contribution is 5.49. The van der Waals surface area contributed by atoms with E-state index < -0.39 is 0 Å². The summed E-state index contributed by atoms with van der Waals surface area (Å²) >= 11 is 0. The maximum absolute atomic E-state index is 14.0. The molecule has 1 heterocycles. The average molecular weight is 250 g/mol. The Kier molecular flexibility index (Phi) is 4.23. The summed E-state index contributed by atoms with van der Waals surface area (Å²) in [7, 11) is 0. The summed E-state index contributed by atoms with van der Waals surface area (Å²) in [5, 5.41) is 3.55. The van der Waals surface area contributed by atoms with Gasteiger partial charge in [0.15, 0.2) is 0 Å². The van der Waals surface area contributed by atoms with Crippen LogP contribution in [0.4, 0.5) is 10.1 Å². The molecule has 1 unspecified atom stereocenters. The van der Waals surface area contributed by atoms with Crippen molar-refractivity contribution in [3.8, 4) is 0 Å². The monoisotopic (exact) mass is 250 g/mol. The van der Waals surface area contributed by atoms with Crippen LogP contribution in [0.1, 0.15) is 25.8 Å². The standard InChI is InChI=1S/C15H23FN2/c1-11(2)14-10-18(8-4-7-17-14)15-6-5-12(3)9-13(15)16/h5-6,9,11,14,17H,4,7-8,10H2,1-3H3. The number of nitrogens with zero attached hydrogens (tertiary/aromatic N) is 1. The number of halogens is 1. The number of aryl methyl sites for hydroxylation is 1. The van der Waals surface area contributed by atoms with E-state index in [1.54, 1.807) is 6.07 Å². The Morgan fingerprint density at radius 3 is 2.83 bits per heavy atom. The lowest BCUT2D eigenvalue weighted by Gasteiger charge is -2.28. The van der Waals surface area contributed by atoms with E-state index in [4.69, 9.17) is 0 Å². The largest absolute Gasteiger partial charge is 0.368 e. The first-order valence-electron chi connectivity index (χ1n) is 6.82. The Morgan fingerprint density at radius 2 is 2.17 bits per heavy atom. The second-order valence-corrected chi connectivity index (χ2v) is 5.56. The van der Waals surface area contributed by atoms with Crippen LogP contribution in [0.3, 0.4) is 0 Å². The van der Waals surface area contributed by atoms with E-state index in [0.717, 1.165) is 37.3 Å². The Hall–Kier alpha value is -1.09. The zero-order valence-corrected chi connectivity index (χ0v) is 11.5. The van der Waals surface area contributed by atoms with Gasteiger partial charge in [-0.15, -0.1) is 0 Å². The molecule has 3 heteroatoms. The van der Waals surface area contributed by atoms with Crippen molar-refractivity contribution >= 4 is 5.69 Å². The molecule has 1 saturated heterocycles. The minimum absolute atomic E-state index is 0.0978. The molecule has 1 aliphatic rings. The maximum atomic E-state index is 14.0. The van der Waals surface area contributed by atoms with E-state index >= 15 is 0 Å². The van der Waals surface area contributed by atoms with Gasteiger partial charge < -0.3 is 10.2 Å². The van der Waals surface area contributed by atoms with Crippen molar-refractivity contribution in [1.29, 1.82) is 0 Å². The van der Waals surface area contributed by atoms with Crippen LogP contribution in [0.5, 0.6) is 0 Å². The number of benzene rings is 1. The van der Waals surface area contributed by atoms with Gasteiger partial charge in [0.2, 0.25) is 0 Å². The fourth-order valence-corrected chi connectivity index (χ4v) is 2.48. The normalized spacial score (nSPS) is 21.2. The number of nitrogens with one attached hydrogen (secondary N) is 1. The Bertz CT molecular complexity index is 403. The molecule has 1 N–H and O–H groups in total. The first-order valence-corrected chi connectivity index (χ1v) is 6.82. The molecule has 0 radical (unpaired) electrons. The van der Waals surface area contributed by atoms with Crippen molar-refractivity contribution in [3.63, 3.8) is 0 Å². The van der Waals surface area contributed by atoms with Crippen LogP contribution < -0.4 is 10.2 Å². The van der Waals surface area contributed by atoms with Gasteiger partial charge in [-0.05, 0) is 43.5 Å². The van der Waals surface area contributed by atoms with E-state index in [0.29, 0.717) is 12.0 Å². The maximum Gasteiger partial charge on any atom is 0.146 e. The van der Waals surface area contributed by atoms with Gasteiger partial charge in [-0.2, -0.15) is 0 Å². The fourth-order valence-electron chi connectivity index (χ4n) is 2.48. The van der Waals surface area contributed by atoms with E-state index in [9.17, 15) is 4.39 Å². The predicted octanol–water partition coefficient (Wildman–Crippen LogP) is 2.96. The number of rotatable bonds is 2. The first-order chi connectivity index (χ1) is 8.58. The van der Waals surface area contributed by atoms with Crippen LogP contribution in [-0.2, 0) is 0 Å². The number of hydrogen-bond donors (Lipinski definition) is 1. The van der Waals surface area contributed by atoms with Crippen molar-refractivity contribution in [2.45, 2.75) is 33.2 Å². The minimum atomic E-state index is -0.0978. The third-order valence-corrected chi connectivity index (χ3v) is 3.68. The van der Waals surface area contributed by atoms with Gasteiger partial charge in [0.1, 0.15) is 5.82 Å². The van der Waals surface area contributed by atoms with Crippen LogP contribution in [0.15, 0.2) is 18.2 Å². The first kappa shape index (κ1) is 13.3. The molecule has 0 aromatic heterocycles.